The molecule has 2 rings (SSSR count). The Kier molecular flexibility index (Phi) is 3.72. The topological polar surface area (TPSA) is 71.7 Å². The average Bonchev–Trinajstić information content (AvgIpc) is 2.23. The molecule has 84 valence electrons. The van der Waals surface area contributed by atoms with Crippen molar-refractivity contribution >= 4 is 32.8 Å². The van der Waals surface area contributed by atoms with Gasteiger partial charge >= 0.3 is 5.97 Å². The molecule has 0 atom stereocenters. The van der Waals surface area contributed by atoms with Gasteiger partial charge in [0.15, 0.2) is 5.75 Å². The van der Waals surface area contributed by atoms with Crippen molar-refractivity contribution in [2.45, 2.75) is 0 Å². The van der Waals surface area contributed by atoms with Gasteiger partial charge in [-0.25, -0.2) is 4.79 Å². The van der Waals surface area contributed by atoms with Gasteiger partial charge in [0.25, 0.3) is 11.2 Å². The zero-order valence-electron chi connectivity index (χ0n) is 7.87. The number of carbonyl (C=O) groups is 1. The van der Waals surface area contributed by atoms with Crippen LogP contribution < -0.4 is 17.4 Å². The third-order valence-electron chi connectivity index (χ3n) is 2.08. The summed E-state index contributed by atoms with van der Waals surface area (Å²) in [5, 5.41) is 19.1. The quantitative estimate of drug-likeness (QED) is 0.697. The van der Waals surface area contributed by atoms with Crippen LogP contribution in [0.15, 0.2) is 28.7 Å². The number of aromatic hydroxyl groups is 1. The predicted octanol–water partition coefficient (Wildman–Crippen LogP) is -1.18. The van der Waals surface area contributed by atoms with Crippen molar-refractivity contribution in [1.82, 2.24) is 0 Å². The maximum atomic E-state index is 10.7. The number of carboxylic acids is 1. The van der Waals surface area contributed by atoms with E-state index < -0.39 is 5.97 Å². The minimum Gasteiger partial charge on any atom is -1.00 e. The van der Waals surface area contributed by atoms with Crippen LogP contribution in [0.4, 0.5) is 0 Å². The van der Waals surface area contributed by atoms with E-state index in [9.17, 15) is 9.90 Å². The molecule has 6 heteroatoms. The first kappa shape index (κ1) is 12.7. The number of carboxylic acid groups (broad SMARTS) is 1. The molecule has 1 aromatic carbocycles. The van der Waals surface area contributed by atoms with E-state index in [1.165, 1.54) is 12.1 Å². The molecule has 0 fully saturated rings. The Morgan fingerprint density at radius 2 is 1.94 bits per heavy atom. The highest BCUT2D eigenvalue weighted by molar-refractivity contribution is 9.10. The summed E-state index contributed by atoms with van der Waals surface area (Å²) in [5.74, 6) is -1.03. The van der Waals surface area contributed by atoms with Crippen LogP contribution >= 0.6 is 15.9 Å². The van der Waals surface area contributed by atoms with Crippen LogP contribution in [0.2, 0.25) is 0 Å². The summed E-state index contributed by atoms with van der Waals surface area (Å²) >= 11 is 3.31. The molecular formula is C10H7BrClNO3. The molecule has 3 N–H and O–H groups in total. The van der Waals surface area contributed by atoms with Gasteiger partial charge in [-0.2, -0.15) is 4.98 Å². The van der Waals surface area contributed by atoms with Gasteiger partial charge in [-0.3, -0.25) is 0 Å². The first-order valence-electron chi connectivity index (χ1n) is 4.16. The number of halogens is 2. The third-order valence-corrected chi connectivity index (χ3v) is 2.77. The van der Waals surface area contributed by atoms with Gasteiger partial charge in [0.2, 0.25) is 0 Å². The van der Waals surface area contributed by atoms with Crippen LogP contribution in [-0.4, -0.2) is 16.2 Å². The number of phenolic OH excluding ortho intramolecular Hbond substituents is 1. The monoisotopic (exact) mass is 303 g/mol. The fraction of sp³-hybridized carbons (Fsp3) is 0. The van der Waals surface area contributed by atoms with Crippen LogP contribution in [0.1, 0.15) is 10.5 Å². The van der Waals surface area contributed by atoms with E-state index in [1.54, 1.807) is 12.1 Å². The number of aromatic carboxylic acids is 1. The minimum atomic E-state index is -1.06. The van der Waals surface area contributed by atoms with Gasteiger partial charge in [0.1, 0.15) is 0 Å². The molecule has 1 aromatic heterocycles. The van der Waals surface area contributed by atoms with Crippen LogP contribution in [0, 0.1) is 0 Å². The Morgan fingerprint density at radius 1 is 1.25 bits per heavy atom. The Morgan fingerprint density at radius 3 is 2.56 bits per heavy atom. The van der Waals surface area contributed by atoms with Crippen LogP contribution in [0.5, 0.6) is 5.75 Å². The number of benzene rings is 1. The molecule has 0 aliphatic heterocycles. The second-order valence-corrected chi connectivity index (χ2v) is 3.89. The first-order chi connectivity index (χ1) is 7.09. The summed E-state index contributed by atoms with van der Waals surface area (Å²) in [6.07, 6.45) is 0. The molecule has 4 nitrogen and oxygen atoms in total. The van der Waals surface area contributed by atoms with Crippen molar-refractivity contribution in [1.29, 1.82) is 0 Å². The lowest BCUT2D eigenvalue weighted by molar-refractivity contribution is -0.351. The standard InChI is InChI=1S/C10H6BrNO3.ClH/c11-6-2-4-8(13)9-5(6)1-3-7(12-9)10(14)15;/h1-4,13H,(H,14,15);1H. The van der Waals surface area contributed by atoms with Crippen LogP contribution in [0.3, 0.4) is 0 Å². The second kappa shape index (κ2) is 4.67. The molecule has 0 radical (unpaired) electrons. The fourth-order valence-electron chi connectivity index (χ4n) is 1.34. The molecule has 2 aromatic rings. The number of rotatable bonds is 1. The number of pyridine rings is 1. The van der Waals surface area contributed by atoms with E-state index in [0.717, 1.165) is 9.86 Å². The van der Waals surface area contributed by atoms with Crippen molar-refractivity contribution in [2.24, 2.45) is 0 Å². The largest absolute Gasteiger partial charge is 1.00 e. The molecule has 0 saturated carbocycles. The van der Waals surface area contributed by atoms with E-state index in [-0.39, 0.29) is 23.9 Å². The summed E-state index contributed by atoms with van der Waals surface area (Å²) < 4.78 is 0.795. The Balaban J connectivity index is 0.00000128. The smallest absolute Gasteiger partial charge is 0.401 e. The molecule has 0 aliphatic carbocycles. The van der Waals surface area contributed by atoms with Gasteiger partial charge < -0.3 is 22.6 Å². The molecule has 0 unspecified atom stereocenters. The number of aromatic amines is 1. The summed E-state index contributed by atoms with van der Waals surface area (Å²) in [6.45, 7) is 0. The highest BCUT2D eigenvalue weighted by Crippen LogP contribution is 2.27. The lowest BCUT2D eigenvalue weighted by atomic mass is 10.2. The molecule has 0 bridgehead atoms. The average molecular weight is 305 g/mol. The van der Waals surface area contributed by atoms with Crippen molar-refractivity contribution in [3.63, 3.8) is 0 Å². The lowest BCUT2D eigenvalue weighted by Gasteiger charge is -1.98. The van der Waals surface area contributed by atoms with E-state index in [1.807, 2.05) is 0 Å². The minimum absolute atomic E-state index is 0. The van der Waals surface area contributed by atoms with E-state index >= 15 is 0 Å². The fourth-order valence-corrected chi connectivity index (χ4v) is 1.81. The SMILES string of the molecule is O=C(O)c1ccc2c(Br)ccc(O)c2[nH+]1.[Cl-]. The van der Waals surface area contributed by atoms with Crippen molar-refractivity contribution in [3.05, 3.63) is 34.4 Å². The normalized spacial score (nSPS) is 9.81. The number of fused-ring (bicyclic) bond motifs is 1. The second-order valence-electron chi connectivity index (χ2n) is 3.03. The predicted molar refractivity (Wildman–Crippen MR) is 56.8 cm³/mol. The summed E-state index contributed by atoms with van der Waals surface area (Å²) in [4.78, 5) is 13.4. The first-order valence-corrected chi connectivity index (χ1v) is 4.95. The number of H-pyrrole nitrogens is 1. The van der Waals surface area contributed by atoms with Crippen molar-refractivity contribution in [2.75, 3.05) is 0 Å². The molecule has 0 aliphatic rings. The van der Waals surface area contributed by atoms with Gasteiger partial charge in [0, 0.05) is 10.5 Å². The van der Waals surface area contributed by atoms with Crippen LogP contribution in [-0.2, 0) is 0 Å². The van der Waals surface area contributed by atoms with Crippen molar-refractivity contribution in [3.8, 4) is 5.75 Å². The molecular weight excluding hydrogens is 297 g/mol. The van der Waals surface area contributed by atoms with Crippen molar-refractivity contribution < 1.29 is 32.4 Å². The van der Waals surface area contributed by atoms with Gasteiger partial charge in [-0.05, 0) is 34.1 Å². The highest BCUT2D eigenvalue weighted by Gasteiger charge is 2.16. The molecule has 1 heterocycles. The number of hydrogen-bond acceptors (Lipinski definition) is 2. The summed E-state index contributed by atoms with van der Waals surface area (Å²) in [5.41, 5.74) is 0.445. The molecule has 0 amide bonds. The molecule has 0 saturated heterocycles. The van der Waals surface area contributed by atoms with Crippen LogP contribution in [0.25, 0.3) is 10.9 Å². The summed E-state index contributed by atoms with van der Waals surface area (Å²) in [6, 6.07) is 6.29. The zero-order chi connectivity index (χ0) is 11.0. The number of hydrogen-bond donors (Lipinski definition) is 2. The highest BCUT2D eigenvalue weighted by atomic mass is 79.9. The van der Waals surface area contributed by atoms with E-state index in [4.69, 9.17) is 5.11 Å². The summed E-state index contributed by atoms with van der Waals surface area (Å²) in [7, 11) is 0. The van der Waals surface area contributed by atoms with Gasteiger partial charge in [-0.15, -0.1) is 0 Å². The Hall–Kier alpha value is -1.33. The van der Waals surface area contributed by atoms with E-state index in [2.05, 4.69) is 20.9 Å². The third kappa shape index (κ3) is 2.10. The van der Waals surface area contributed by atoms with Gasteiger partial charge in [-0.1, -0.05) is 0 Å². The lowest BCUT2D eigenvalue weighted by Crippen LogP contribution is -3.00. The van der Waals surface area contributed by atoms with E-state index in [0.29, 0.717) is 5.52 Å². The zero-order valence-corrected chi connectivity index (χ0v) is 10.2. The maximum absolute atomic E-state index is 10.7. The number of nitrogens with one attached hydrogen (secondary N) is 1. The Labute approximate surface area is 105 Å². The number of aromatic nitrogens is 1. The Bertz CT molecular complexity index is 559. The van der Waals surface area contributed by atoms with Gasteiger partial charge in [0.05, 0.1) is 5.39 Å². The molecule has 0 spiro atoms. The maximum Gasteiger partial charge on any atom is 0.401 e. The number of phenols is 1. The molecule has 16 heavy (non-hydrogen) atoms.